The van der Waals surface area contributed by atoms with Gasteiger partial charge in [0, 0.05) is 45.2 Å². The van der Waals surface area contributed by atoms with Gasteiger partial charge in [-0.3, -0.25) is 4.79 Å². The molecule has 0 spiro atoms. The molecule has 0 atom stereocenters. The fraction of sp³-hybridized carbons (Fsp3) is 0.923. The number of carbonyl (C=O) groups excluding carboxylic acids is 1. The van der Waals surface area contributed by atoms with E-state index >= 15 is 0 Å². The van der Waals surface area contributed by atoms with E-state index in [1.54, 1.807) is 11.8 Å². The van der Waals surface area contributed by atoms with E-state index in [1.165, 1.54) is 14.9 Å². The lowest BCUT2D eigenvalue weighted by Crippen LogP contribution is -2.53. The van der Waals surface area contributed by atoms with Gasteiger partial charge in [-0.15, -0.1) is 0 Å². The molecule has 0 saturated carbocycles. The van der Waals surface area contributed by atoms with Gasteiger partial charge < -0.3 is 4.90 Å². The molecule has 2 fully saturated rings. The van der Waals surface area contributed by atoms with Crippen molar-refractivity contribution in [1.82, 2.24) is 13.5 Å². The van der Waals surface area contributed by atoms with Gasteiger partial charge in [-0.1, -0.05) is 0 Å². The highest BCUT2D eigenvalue weighted by atomic mass is 32.2. The van der Waals surface area contributed by atoms with Crippen molar-refractivity contribution in [2.24, 2.45) is 5.92 Å². The lowest BCUT2D eigenvalue weighted by Gasteiger charge is -2.37. The molecule has 0 radical (unpaired) electrons. The van der Waals surface area contributed by atoms with Crippen molar-refractivity contribution in [2.45, 2.75) is 19.8 Å². The summed E-state index contributed by atoms with van der Waals surface area (Å²) < 4.78 is 49.5. The van der Waals surface area contributed by atoms with Crippen LogP contribution in [0.1, 0.15) is 19.8 Å². The lowest BCUT2D eigenvalue weighted by atomic mass is 9.96. The molecule has 0 bridgehead atoms. The van der Waals surface area contributed by atoms with Crippen LogP contribution in [0.2, 0.25) is 0 Å². The van der Waals surface area contributed by atoms with E-state index in [0.717, 1.165) is 0 Å². The van der Waals surface area contributed by atoms with Gasteiger partial charge in [-0.25, -0.2) is 21.1 Å². The van der Waals surface area contributed by atoms with Crippen LogP contribution in [0, 0.1) is 5.92 Å². The molecule has 8 nitrogen and oxygen atoms in total. The Hall–Kier alpha value is -0.710. The number of sulfonamides is 2. The van der Waals surface area contributed by atoms with Crippen LogP contribution in [0.25, 0.3) is 0 Å². The quantitative estimate of drug-likeness (QED) is 0.645. The van der Waals surface area contributed by atoms with Gasteiger partial charge in [0.1, 0.15) is 0 Å². The summed E-state index contributed by atoms with van der Waals surface area (Å²) in [5, 5.41) is 0. The highest BCUT2D eigenvalue weighted by molar-refractivity contribution is 7.89. The molecular formula is C13H25N3O5S2. The summed E-state index contributed by atoms with van der Waals surface area (Å²) in [6, 6.07) is 0. The van der Waals surface area contributed by atoms with Crippen LogP contribution in [0.3, 0.4) is 0 Å². The second-order valence-electron chi connectivity index (χ2n) is 6.06. The second-order valence-corrected chi connectivity index (χ2v) is 10.3. The minimum absolute atomic E-state index is 0.0201. The molecule has 2 rings (SSSR count). The summed E-state index contributed by atoms with van der Waals surface area (Å²) in [6.45, 7) is 3.85. The lowest BCUT2D eigenvalue weighted by molar-refractivity contribution is -0.137. The number of hydrogen-bond acceptors (Lipinski definition) is 5. The maximum Gasteiger partial charge on any atom is 0.225 e. The maximum atomic E-state index is 12.5. The molecule has 10 heteroatoms. The van der Waals surface area contributed by atoms with Crippen LogP contribution in [0.15, 0.2) is 0 Å². The molecular weight excluding hydrogens is 342 g/mol. The van der Waals surface area contributed by atoms with E-state index in [4.69, 9.17) is 0 Å². The maximum absolute atomic E-state index is 12.5. The fourth-order valence-electron chi connectivity index (χ4n) is 3.06. The standard InChI is InChI=1S/C13H25N3O5S2/c1-3-23(20,21)16-10-8-14(9-11-16)13(17)12-4-6-15(7-5-12)22(2,18)19/h12H,3-11H2,1-2H3. The van der Waals surface area contributed by atoms with Crippen molar-refractivity contribution in [3.8, 4) is 0 Å². The third-order valence-electron chi connectivity index (χ3n) is 4.58. The molecule has 2 saturated heterocycles. The number of piperidine rings is 1. The number of nitrogens with zero attached hydrogens (tertiary/aromatic N) is 3. The van der Waals surface area contributed by atoms with E-state index < -0.39 is 20.0 Å². The third-order valence-corrected chi connectivity index (χ3v) is 7.77. The molecule has 134 valence electrons. The molecule has 0 aliphatic carbocycles. The van der Waals surface area contributed by atoms with Crippen molar-refractivity contribution in [3.05, 3.63) is 0 Å². The number of hydrogen-bond donors (Lipinski definition) is 0. The number of amides is 1. The Morgan fingerprint density at radius 1 is 0.913 bits per heavy atom. The van der Waals surface area contributed by atoms with Crippen LogP contribution in [-0.2, 0) is 24.8 Å². The normalized spacial score (nSPS) is 23.1. The van der Waals surface area contributed by atoms with Crippen LogP contribution in [0.4, 0.5) is 0 Å². The number of carbonyl (C=O) groups is 1. The molecule has 0 aromatic rings. The van der Waals surface area contributed by atoms with Crippen LogP contribution in [-0.4, -0.2) is 87.5 Å². The molecule has 2 heterocycles. The third kappa shape index (κ3) is 4.43. The van der Waals surface area contributed by atoms with Crippen molar-refractivity contribution in [3.63, 3.8) is 0 Å². The topological polar surface area (TPSA) is 95.1 Å². The largest absolute Gasteiger partial charge is 0.340 e. The molecule has 0 N–H and O–H groups in total. The SMILES string of the molecule is CCS(=O)(=O)N1CCN(C(=O)C2CCN(S(C)(=O)=O)CC2)CC1. The van der Waals surface area contributed by atoms with E-state index in [9.17, 15) is 21.6 Å². The van der Waals surface area contributed by atoms with Gasteiger partial charge in [0.05, 0.1) is 12.0 Å². The fourth-order valence-corrected chi connectivity index (χ4v) is 5.02. The van der Waals surface area contributed by atoms with E-state index in [2.05, 4.69) is 0 Å². The Morgan fingerprint density at radius 3 is 1.87 bits per heavy atom. The van der Waals surface area contributed by atoms with Gasteiger partial charge in [0.2, 0.25) is 26.0 Å². The number of rotatable bonds is 4. The summed E-state index contributed by atoms with van der Waals surface area (Å²) >= 11 is 0. The highest BCUT2D eigenvalue weighted by Gasteiger charge is 2.34. The minimum atomic E-state index is -3.20. The number of piperazine rings is 1. The molecule has 0 aromatic carbocycles. The van der Waals surface area contributed by atoms with Crippen molar-refractivity contribution in [1.29, 1.82) is 0 Å². The van der Waals surface area contributed by atoms with Crippen LogP contribution in [0.5, 0.6) is 0 Å². The summed E-state index contributed by atoms with van der Waals surface area (Å²) in [5.74, 6) is -0.0701. The van der Waals surface area contributed by atoms with Gasteiger partial charge in [-0.05, 0) is 19.8 Å². The minimum Gasteiger partial charge on any atom is -0.340 e. The first-order valence-electron chi connectivity index (χ1n) is 7.87. The smallest absolute Gasteiger partial charge is 0.225 e. The Bertz CT molecular complexity index is 631. The Balaban J connectivity index is 1.87. The first-order valence-corrected chi connectivity index (χ1v) is 11.3. The van der Waals surface area contributed by atoms with E-state index in [0.29, 0.717) is 52.1 Å². The molecule has 23 heavy (non-hydrogen) atoms. The van der Waals surface area contributed by atoms with Crippen LogP contribution < -0.4 is 0 Å². The monoisotopic (exact) mass is 367 g/mol. The predicted octanol–water partition coefficient (Wildman–Crippen LogP) is -0.848. The summed E-state index contributed by atoms with van der Waals surface area (Å²) in [5.41, 5.74) is 0. The predicted molar refractivity (Wildman–Crippen MR) is 86.8 cm³/mol. The Kier molecular flexibility index (Phi) is 5.70. The summed E-state index contributed by atoms with van der Waals surface area (Å²) in [4.78, 5) is 14.2. The molecule has 0 aromatic heterocycles. The molecule has 2 aliphatic rings. The van der Waals surface area contributed by atoms with Gasteiger partial charge in [-0.2, -0.15) is 4.31 Å². The Labute approximate surface area is 138 Å². The first-order chi connectivity index (χ1) is 10.6. The summed E-state index contributed by atoms with van der Waals surface area (Å²) in [7, 11) is -6.39. The zero-order chi connectivity index (χ0) is 17.3. The van der Waals surface area contributed by atoms with Gasteiger partial charge in [0.25, 0.3) is 0 Å². The van der Waals surface area contributed by atoms with Crippen molar-refractivity contribution < 1.29 is 21.6 Å². The van der Waals surface area contributed by atoms with Gasteiger partial charge >= 0.3 is 0 Å². The van der Waals surface area contributed by atoms with Crippen molar-refractivity contribution in [2.75, 3.05) is 51.3 Å². The average molecular weight is 367 g/mol. The zero-order valence-corrected chi connectivity index (χ0v) is 15.3. The highest BCUT2D eigenvalue weighted by Crippen LogP contribution is 2.22. The Morgan fingerprint density at radius 2 is 1.43 bits per heavy atom. The van der Waals surface area contributed by atoms with Crippen LogP contribution >= 0.6 is 0 Å². The zero-order valence-electron chi connectivity index (χ0n) is 13.6. The summed E-state index contributed by atoms with van der Waals surface area (Å²) in [6.07, 6.45) is 2.24. The first kappa shape index (κ1) is 18.6. The molecule has 0 unspecified atom stereocenters. The van der Waals surface area contributed by atoms with Crippen molar-refractivity contribution >= 4 is 26.0 Å². The molecule has 1 amide bonds. The van der Waals surface area contributed by atoms with Gasteiger partial charge in [0.15, 0.2) is 0 Å². The van der Waals surface area contributed by atoms with E-state index in [-0.39, 0.29) is 17.6 Å². The second kappa shape index (κ2) is 7.04. The van der Waals surface area contributed by atoms with E-state index in [1.807, 2.05) is 0 Å². The molecule has 2 aliphatic heterocycles. The average Bonchev–Trinajstić information content (AvgIpc) is 2.53.